The van der Waals surface area contributed by atoms with Gasteiger partial charge < -0.3 is 0 Å². The Morgan fingerprint density at radius 1 is 1.31 bits per heavy atom. The van der Waals surface area contributed by atoms with Gasteiger partial charge in [-0.1, -0.05) is 30.9 Å². The van der Waals surface area contributed by atoms with E-state index in [0.29, 0.717) is 0 Å². The number of rotatable bonds is 1. The number of hydrogen-bond donors (Lipinski definition) is 0. The summed E-state index contributed by atoms with van der Waals surface area (Å²) in [4.78, 5) is 4.35. The van der Waals surface area contributed by atoms with Crippen molar-refractivity contribution in [1.29, 1.82) is 0 Å². The lowest BCUT2D eigenvalue weighted by Crippen LogP contribution is -1.83. The third-order valence-electron chi connectivity index (χ3n) is 1.94. The average molecular weight is 234 g/mol. The van der Waals surface area contributed by atoms with Gasteiger partial charge in [0.2, 0.25) is 0 Å². The van der Waals surface area contributed by atoms with Gasteiger partial charge in [0.25, 0.3) is 0 Å². The zero-order valence-corrected chi connectivity index (χ0v) is 8.58. The second-order valence-electron chi connectivity index (χ2n) is 2.76. The molecule has 1 heterocycles. The van der Waals surface area contributed by atoms with Gasteiger partial charge in [0.05, 0.1) is 5.52 Å². The molecule has 64 valence electrons. The predicted molar refractivity (Wildman–Crippen MR) is 59.5 cm³/mol. The molecule has 0 aliphatic heterocycles. The van der Waals surface area contributed by atoms with Crippen molar-refractivity contribution in [3.8, 4) is 0 Å². The molecule has 2 heteroatoms. The van der Waals surface area contributed by atoms with Gasteiger partial charge in [0.15, 0.2) is 0 Å². The van der Waals surface area contributed by atoms with E-state index in [4.69, 9.17) is 0 Å². The maximum absolute atomic E-state index is 4.35. The second-order valence-corrected chi connectivity index (χ2v) is 3.57. The Bertz CT molecular complexity index is 463. The highest BCUT2D eigenvalue weighted by Crippen LogP contribution is 2.21. The fourth-order valence-electron chi connectivity index (χ4n) is 1.34. The lowest BCUT2D eigenvalue weighted by atomic mass is 10.1. The first-order valence-corrected chi connectivity index (χ1v) is 4.78. The quantitative estimate of drug-likeness (QED) is 0.686. The molecule has 0 aliphatic rings. The van der Waals surface area contributed by atoms with Gasteiger partial charge in [-0.15, -0.1) is 0 Å². The summed E-state index contributed by atoms with van der Waals surface area (Å²) in [6.07, 6.45) is 1.84. The molecule has 0 unspecified atom stereocenters. The van der Waals surface area contributed by atoms with E-state index in [-0.39, 0.29) is 0 Å². The van der Waals surface area contributed by atoms with Crippen LogP contribution in [-0.4, -0.2) is 4.98 Å². The number of benzene rings is 1. The van der Waals surface area contributed by atoms with Crippen LogP contribution in [0.4, 0.5) is 0 Å². The summed E-state index contributed by atoms with van der Waals surface area (Å²) >= 11 is 3.37. The van der Waals surface area contributed by atoms with Crippen LogP contribution in [0.1, 0.15) is 5.56 Å². The summed E-state index contributed by atoms with van der Waals surface area (Å²) in [5.74, 6) is 0. The summed E-state index contributed by atoms with van der Waals surface area (Å²) < 4.78 is 0.848. The van der Waals surface area contributed by atoms with Crippen molar-refractivity contribution in [3.63, 3.8) is 0 Å². The van der Waals surface area contributed by atoms with Crippen molar-refractivity contribution in [2.45, 2.75) is 0 Å². The Hall–Kier alpha value is -1.15. The third kappa shape index (κ3) is 1.49. The monoisotopic (exact) mass is 233 g/mol. The van der Waals surface area contributed by atoms with Crippen LogP contribution in [0.5, 0.6) is 0 Å². The van der Waals surface area contributed by atoms with E-state index >= 15 is 0 Å². The molecular weight excluding hydrogens is 226 g/mol. The van der Waals surface area contributed by atoms with Crippen LogP contribution in [0.15, 0.2) is 41.5 Å². The van der Waals surface area contributed by atoms with Crippen molar-refractivity contribution in [1.82, 2.24) is 4.98 Å². The standard InChI is InChI=1S/C11H8BrN/c1-2-8-7-11(12)13-10-6-4-3-5-9(8)10/h2-7H,1H2. The van der Waals surface area contributed by atoms with E-state index in [1.54, 1.807) is 0 Å². The van der Waals surface area contributed by atoms with Gasteiger partial charge >= 0.3 is 0 Å². The van der Waals surface area contributed by atoms with Gasteiger partial charge in [-0.3, -0.25) is 0 Å². The topological polar surface area (TPSA) is 12.9 Å². The number of para-hydroxylation sites is 1. The number of hydrogen-bond acceptors (Lipinski definition) is 1. The Kier molecular flexibility index (Phi) is 2.15. The maximum atomic E-state index is 4.35. The van der Waals surface area contributed by atoms with E-state index in [0.717, 1.165) is 21.1 Å². The number of halogens is 1. The van der Waals surface area contributed by atoms with Crippen LogP contribution >= 0.6 is 15.9 Å². The highest BCUT2D eigenvalue weighted by molar-refractivity contribution is 9.10. The van der Waals surface area contributed by atoms with E-state index in [1.807, 2.05) is 36.4 Å². The fourth-order valence-corrected chi connectivity index (χ4v) is 1.78. The summed E-state index contributed by atoms with van der Waals surface area (Å²) in [6.45, 7) is 3.77. The Morgan fingerprint density at radius 3 is 2.85 bits per heavy atom. The normalized spacial score (nSPS) is 10.2. The lowest BCUT2D eigenvalue weighted by molar-refractivity contribution is 1.35. The number of fused-ring (bicyclic) bond motifs is 1. The zero-order valence-electron chi connectivity index (χ0n) is 7.00. The first-order valence-electron chi connectivity index (χ1n) is 3.99. The minimum Gasteiger partial charge on any atom is -0.241 e. The molecule has 0 spiro atoms. The van der Waals surface area contributed by atoms with Crippen LogP contribution in [0.2, 0.25) is 0 Å². The largest absolute Gasteiger partial charge is 0.241 e. The molecule has 0 amide bonds. The SMILES string of the molecule is C=Cc1cc(Br)nc2ccccc12. The molecule has 0 atom stereocenters. The van der Waals surface area contributed by atoms with Crippen LogP contribution in [0.3, 0.4) is 0 Å². The molecule has 0 aliphatic carbocycles. The minimum absolute atomic E-state index is 0.848. The molecule has 1 aromatic heterocycles. The molecule has 0 fully saturated rings. The van der Waals surface area contributed by atoms with E-state index in [9.17, 15) is 0 Å². The Balaban J connectivity index is 2.89. The molecule has 1 nitrogen and oxygen atoms in total. The Labute approximate surface area is 85.2 Å². The first kappa shape index (κ1) is 8.45. The van der Waals surface area contributed by atoms with E-state index in [1.165, 1.54) is 0 Å². The molecule has 13 heavy (non-hydrogen) atoms. The zero-order chi connectivity index (χ0) is 9.26. The van der Waals surface area contributed by atoms with Gasteiger partial charge in [-0.05, 0) is 33.6 Å². The molecule has 0 radical (unpaired) electrons. The van der Waals surface area contributed by atoms with Crippen molar-refractivity contribution >= 4 is 32.9 Å². The number of pyridine rings is 1. The van der Waals surface area contributed by atoms with Gasteiger partial charge in [0, 0.05) is 5.39 Å². The molecule has 2 aromatic rings. The molecule has 0 saturated carbocycles. The van der Waals surface area contributed by atoms with E-state index in [2.05, 4.69) is 27.5 Å². The van der Waals surface area contributed by atoms with Gasteiger partial charge in [-0.2, -0.15) is 0 Å². The maximum Gasteiger partial charge on any atom is 0.107 e. The summed E-state index contributed by atoms with van der Waals surface area (Å²) in [7, 11) is 0. The van der Waals surface area contributed by atoms with E-state index < -0.39 is 0 Å². The Morgan fingerprint density at radius 2 is 2.08 bits per heavy atom. The van der Waals surface area contributed by atoms with Crippen molar-refractivity contribution in [2.75, 3.05) is 0 Å². The predicted octanol–water partition coefficient (Wildman–Crippen LogP) is 3.64. The molecule has 0 saturated heterocycles. The highest BCUT2D eigenvalue weighted by Gasteiger charge is 1.99. The average Bonchev–Trinajstić information content (AvgIpc) is 2.16. The molecule has 0 bridgehead atoms. The number of aromatic nitrogens is 1. The van der Waals surface area contributed by atoms with Crippen LogP contribution in [-0.2, 0) is 0 Å². The minimum atomic E-state index is 0.848. The molecule has 2 rings (SSSR count). The highest BCUT2D eigenvalue weighted by atomic mass is 79.9. The van der Waals surface area contributed by atoms with Crippen molar-refractivity contribution in [3.05, 3.63) is 47.1 Å². The molecular formula is C11H8BrN. The summed E-state index contributed by atoms with van der Waals surface area (Å²) in [5, 5.41) is 1.14. The van der Waals surface area contributed by atoms with Gasteiger partial charge in [0.1, 0.15) is 4.60 Å². The summed E-state index contributed by atoms with van der Waals surface area (Å²) in [5.41, 5.74) is 2.10. The van der Waals surface area contributed by atoms with Crippen LogP contribution in [0.25, 0.3) is 17.0 Å². The smallest absolute Gasteiger partial charge is 0.107 e. The first-order chi connectivity index (χ1) is 6.31. The lowest BCUT2D eigenvalue weighted by Gasteiger charge is -2.01. The fraction of sp³-hybridized carbons (Fsp3) is 0. The molecule has 1 aromatic carbocycles. The molecule has 0 N–H and O–H groups in total. The second kappa shape index (κ2) is 3.30. The third-order valence-corrected chi connectivity index (χ3v) is 2.34. The van der Waals surface area contributed by atoms with Crippen molar-refractivity contribution in [2.24, 2.45) is 0 Å². The number of nitrogens with zero attached hydrogens (tertiary/aromatic N) is 1. The van der Waals surface area contributed by atoms with Crippen LogP contribution in [0, 0.1) is 0 Å². The van der Waals surface area contributed by atoms with Crippen LogP contribution < -0.4 is 0 Å². The van der Waals surface area contributed by atoms with Gasteiger partial charge in [-0.25, -0.2) is 4.98 Å². The van der Waals surface area contributed by atoms with Crippen molar-refractivity contribution < 1.29 is 0 Å². The summed E-state index contributed by atoms with van der Waals surface area (Å²) in [6, 6.07) is 9.99.